The lowest BCUT2D eigenvalue weighted by Gasteiger charge is -2.39. The van der Waals surface area contributed by atoms with E-state index in [1.165, 1.54) is 0 Å². The molecule has 1 saturated heterocycles. The second kappa shape index (κ2) is 12.3. The number of aryl methyl sites for hydroxylation is 2. The number of piperidine rings is 1. The number of aliphatic hydroxyl groups is 1. The van der Waals surface area contributed by atoms with Crippen LogP contribution in [-0.4, -0.2) is 62.4 Å². The van der Waals surface area contributed by atoms with E-state index in [9.17, 15) is 15.0 Å². The minimum Gasteiger partial charge on any atom is -0.497 e. The summed E-state index contributed by atoms with van der Waals surface area (Å²) in [6, 6.07) is 7.61. The van der Waals surface area contributed by atoms with Crippen molar-refractivity contribution in [3.8, 4) is 5.75 Å². The van der Waals surface area contributed by atoms with Gasteiger partial charge in [-0.3, -0.25) is 9.78 Å². The predicted molar refractivity (Wildman–Crippen MR) is 139 cm³/mol. The topological polar surface area (TPSA) is 101 Å². The minimum atomic E-state index is -0.738. The lowest BCUT2D eigenvalue weighted by atomic mass is 9.79. The minimum absolute atomic E-state index is 0.194. The van der Waals surface area contributed by atoms with Crippen molar-refractivity contribution >= 4 is 16.9 Å². The van der Waals surface area contributed by atoms with Gasteiger partial charge in [0.1, 0.15) is 11.6 Å². The highest BCUT2D eigenvalue weighted by Gasteiger charge is 2.30. The van der Waals surface area contributed by atoms with Crippen molar-refractivity contribution in [2.45, 2.75) is 51.0 Å². The average molecular weight is 495 g/mol. The van der Waals surface area contributed by atoms with Crippen molar-refractivity contribution < 1.29 is 19.7 Å². The Kier molecular flexibility index (Phi) is 8.93. The van der Waals surface area contributed by atoms with Gasteiger partial charge in [0.15, 0.2) is 0 Å². The molecule has 0 amide bonds. The van der Waals surface area contributed by atoms with Gasteiger partial charge in [-0.15, -0.1) is 0 Å². The van der Waals surface area contributed by atoms with Gasteiger partial charge in [-0.25, -0.2) is 4.98 Å². The quantitative estimate of drug-likeness (QED) is 0.389. The number of aliphatic carboxylic acids is 1. The molecule has 2 N–H and O–H groups in total. The molecule has 1 fully saturated rings. The second-order valence-electron chi connectivity index (χ2n) is 9.98. The first-order chi connectivity index (χ1) is 17.4. The predicted octanol–water partition coefficient (Wildman–Crippen LogP) is 4.23. The summed E-state index contributed by atoms with van der Waals surface area (Å²) >= 11 is 0. The smallest absolute Gasteiger partial charge is 0.303 e. The zero-order valence-corrected chi connectivity index (χ0v) is 21.3. The molecule has 8 heteroatoms. The molecule has 1 aliphatic heterocycles. The van der Waals surface area contributed by atoms with Crippen LogP contribution in [0.5, 0.6) is 5.75 Å². The van der Waals surface area contributed by atoms with Crippen molar-refractivity contribution in [2.75, 3.05) is 26.7 Å². The summed E-state index contributed by atoms with van der Waals surface area (Å²) in [5, 5.41) is 21.3. The van der Waals surface area contributed by atoms with Crippen molar-refractivity contribution in [3.63, 3.8) is 0 Å². The number of benzene rings is 1. The maximum absolute atomic E-state index is 11.3. The molecule has 0 aliphatic carbocycles. The Labute approximate surface area is 212 Å². The van der Waals surface area contributed by atoms with Gasteiger partial charge >= 0.3 is 5.97 Å². The third-order valence-corrected chi connectivity index (χ3v) is 7.65. The van der Waals surface area contributed by atoms with Crippen molar-refractivity contribution in [1.82, 2.24) is 19.4 Å². The van der Waals surface area contributed by atoms with Gasteiger partial charge in [0, 0.05) is 50.4 Å². The number of rotatable bonds is 12. The summed E-state index contributed by atoms with van der Waals surface area (Å²) in [4.78, 5) is 22.6. The first kappa shape index (κ1) is 26.1. The molecule has 2 aromatic heterocycles. The summed E-state index contributed by atoms with van der Waals surface area (Å²) in [6.45, 7) is 2.93. The van der Waals surface area contributed by atoms with Gasteiger partial charge in [-0.1, -0.05) is 0 Å². The molecular weight excluding hydrogens is 456 g/mol. The van der Waals surface area contributed by atoms with Gasteiger partial charge in [-0.2, -0.15) is 0 Å². The van der Waals surface area contributed by atoms with Gasteiger partial charge in [-0.05, 0) is 86.9 Å². The van der Waals surface area contributed by atoms with Crippen LogP contribution in [0.1, 0.15) is 56.0 Å². The Morgan fingerprint density at radius 1 is 1.19 bits per heavy atom. The molecule has 4 rings (SSSR count). The molecule has 1 unspecified atom stereocenters. The summed E-state index contributed by atoms with van der Waals surface area (Å²) in [6.07, 6.45) is 10.4. The lowest BCUT2D eigenvalue weighted by molar-refractivity contribution is -0.137. The maximum Gasteiger partial charge on any atom is 0.303 e. The molecule has 1 aromatic carbocycles. The van der Waals surface area contributed by atoms with E-state index in [1.807, 2.05) is 43.7 Å². The zero-order chi connectivity index (χ0) is 25.5. The number of pyridine rings is 1. The molecular formula is C28H38N4O4. The largest absolute Gasteiger partial charge is 0.497 e. The highest BCUT2D eigenvalue weighted by atomic mass is 16.5. The summed E-state index contributed by atoms with van der Waals surface area (Å²) < 4.78 is 7.44. The van der Waals surface area contributed by atoms with Crippen molar-refractivity contribution in [1.29, 1.82) is 0 Å². The molecule has 3 atom stereocenters. The number of methoxy groups -OCH3 is 1. The van der Waals surface area contributed by atoms with Crippen molar-refractivity contribution in [2.24, 2.45) is 18.9 Å². The highest BCUT2D eigenvalue weighted by Crippen LogP contribution is 2.35. The first-order valence-electron chi connectivity index (χ1n) is 13.0. The van der Waals surface area contributed by atoms with Crippen LogP contribution < -0.4 is 4.74 Å². The number of nitrogens with zero attached hydrogens (tertiary/aromatic N) is 4. The Bertz CT molecular complexity index is 1150. The third-order valence-electron chi connectivity index (χ3n) is 7.65. The number of carboxylic acids is 1. The van der Waals surface area contributed by atoms with E-state index in [2.05, 4.69) is 19.4 Å². The lowest BCUT2D eigenvalue weighted by Crippen LogP contribution is -2.41. The maximum atomic E-state index is 11.3. The zero-order valence-electron chi connectivity index (χ0n) is 21.3. The Hall–Kier alpha value is -2.97. The molecule has 3 aromatic rings. The van der Waals surface area contributed by atoms with Gasteiger partial charge < -0.3 is 24.4 Å². The van der Waals surface area contributed by atoms with E-state index >= 15 is 0 Å². The first-order valence-corrected chi connectivity index (χ1v) is 13.0. The molecule has 3 heterocycles. The van der Waals surface area contributed by atoms with Crippen LogP contribution in [0.25, 0.3) is 10.9 Å². The monoisotopic (exact) mass is 494 g/mol. The van der Waals surface area contributed by atoms with E-state index < -0.39 is 12.1 Å². The number of likely N-dealkylation sites (tertiary alicyclic amines) is 1. The van der Waals surface area contributed by atoms with Crippen LogP contribution in [0, 0.1) is 11.8 Å². The van der Waals surface area contributed by atoms with E-state index in [0.717, 1.165) is 73.4 Å². The summed E-state index contributed by atoms with van der Waals surface area (Å²) in [7, 11) is 3.66. The van der Waals surface area contributed by atoms with Crippen LogP contribution in [-0.2, 0) is 18.3 Å². The number of carbonyl (C=O) groups is 1. The van der Waals surface area contributed by atoms with Gasteiger partial charge in [0.2, 0.25) is 0 Å². The number of fused-ring (bicyclic) bond motifs is 1. The van der Waals surface area contributed by atoms with Crippen molar-refractivity contribution in [3.05, 3.63) is 54.2 Å². The molecule has 0 spiro atoms. The van der Waals surface area contributed by atoms with E-state index in [4.69, 9.17) is 4.74 Å². The molecule has 8 nitrogen and oxygen atoms in total. The average Bonchev–Trinajstić information content (AvgIpc) is 3.30. The Morgan fingerprint density at radius 2 is 2.06 bits per heavy atom. The van der Waals surface area contributed by atoms with E-state index in [-0.39, 0.29) is 6.42 Å². The number of ether oxygens (including phenoxy) is 1. The van der Waals surface area contributed by atoms with Gasteiger partial charge in [0.25, 0.3) is 0 Å². The summed E-state index contributed by atoms with van der Waals surface area (Å²) in [5.74, 6) is 1.84. The Balaban J connectivity index is 1.36. The van der Waals surface area contributed by atoms with Crippen LogP contribution in [0.3, 0.4) is 0 Å². The standard InChI is InChI=1S/C28H38N4O4/c1-31-17-14-30-27(31)4-3-15-32-16-12-20(21(19-32)6-10-28(34)35)5-9-26(33)23-11-13-29-25-8-7-22(36-2)18-24(23)25/h7-8,11,13-14,17-18,20-21,26,33H,3-6,9-10,12,15-16,19H2,1-2H3,(H,34,35)/t20-,21+,26?/m1/s1. The number of hydrogen-bond acceptors (Lipinski definition) is 6. The fourth-order valence-corrected chi connectivity index (χ4v) is 5.56. The third kappa shape index (κ3) is 6.62. The molecule has 0 saturated carbocycles. The van der Waals surface area contributed by atoms with E-state index in [1.54, 1.807) is 13.3 Å². The SMILES string of the molecule is COc1ccc2nccc(C(O)CC[C@@H]3CCN(CCCc4nccn4C)C[C@@H]3CCC(=O)O)c2c1. The molecule has 1 aliphatic rings. The number of carboxylic acid groups (broad SMARTS) is 1. The molecule has 36 heavy (non-hydrogen) atoms. The molecule has 0 bridgehead atoms. The fraction of sp³-hybridized carbons (Fsp3) is 0.536. The van der Waals surface area contributed by atoms with E-state index in [0.29, 0.717) is 24.7 Å². The number of hydrogen-bond donors (Lipinski definition) is 2. The highest BCUT2D eigenvalue weighted by molar-refractivity contribution is 5.83. The number of aliphatic hydroxyl groups excluding tert-OH is 1. The number of aromatic nitrogens is 3. The Morgan fingerprint density at radius 3 is 2.81 bits per heavy atom. The molecule has 0 radical (unpaired) electrons. The fourth-order valence-electron chi connectivity index (χ4n) is 5.56. The normalized spacial score (nSPS) is 19.4. The summed E-state index contributed by atoms with van der Waals surface area (Å²) in [5.41, 5.74) is 1.71. The van der Waals surface area contributed by atoms with Crippen LogP contribution in [0.4, 0.5) is 0 Å². The van der Waals surface area contributed by atoms with Crippen LogP contribution >= 0.6 is 0 Å². The number of imidazole rings is 1. The van der Waals surface area contributed by atoms with Crippen LogP contribution in [0.15, 0.2) is 42.9 Å². The second-order valence-corrected chi connectivity index (χ2v) is 9.98. The molecule has 194 valence electrons. The van der Waals surface area contributed by atoms with Crippen LogP contribution in [0.2, 0.25) is 0 Å². The van der Waals surface area contributed by atoms with Gasteiger partial charge in [0.05, 0.1) is 18.7 Å².